The Hall–Kier alpha value is -3.55. The van der Waals surface area contributed by atoms with Crippen LogP contribution in [0.5, 0.6) is 0 Å². The largest absolute Gasteiger partial charge is 0.339 e. The van der Waals surface area contributed by atoms with Crippen LogP contribution in [0.2, 0.25) is 0 Å². The Labute approximate surface area is 178 Å². The maximum atomic E-state index is 14.0. The zero-order chi connectivity index (χ0) is 22.0. The molecule has 8 heteroatoms. The molecule has 1 aromatic heterocycles. The van der Waals surface area contributed by atoms with E-state index in [4.69, 9.17) is 0 Å². The van der Waals surface area contributed by atoms with Gasteiger partial charge in [0.05, 0.1) is 16.6 Å². The van der Waals surface area contributed by atoms with Crippen molar-refractivity contribution in [1.29, 1.82) is 0 Å². The van der Waals surface area contributed by atoms with E-state index in [-0.39, 0.29) is 29.5 Å². The molecule has 1 fully saturated rings. The fraction of sp³-hybridized carbons (Fsp3) is 0.304. The summed E-state index contributed by atoms with van der Waals surface area (Å²) in [6.45, 7) is 3.16. The summed E-state index contributed by atoms with van der Waals surface area (Å²) in [5.74, 6) is -1.17. The molecular weight excluding hydrogens is 399 g/mol. The number of hydrogen-bond acceptors (Lipinski definition) is 4. The van der Waals surface area contributed by atoms with Crippen molar-refractivity contribution >= 4 is 22.6 Å². The number of nitrogens with zero attached hydrogens (tertiary/aromatic N) is 4. The second-order valence-corrected chi connectivity index (χ2v) is 7.60. The highest BCUT2D eigenvalue weighted by atomic mass is 19.1. The van der Waals surface area contributed by atoms with Crippen LogP contribution in [0.1, 0.15) is 22.5 Å². The lowest BCUT2D eigenvalue weighted by Gasteiger charge is -2.22. The maximum Gasteiger partial charge on any atom is 0.275 e. The number of benzene rings is 2. The third-order valence-corrected chi connectivity index (χ3v) is 5.58. The molecule has 31 heavy (non-hydrogen) atoms. The summed E-state index contributed by atoms with van der Waals surface area (Å²) in [5.41, 5.74) is 0.408. The molecule has 1 saturated heterocycles. The summed E-state index contributed by atoms with van der Waals surface area (Å²) in [5, 5.41) is 5.60. The van der Waals surface area contributed by atoms with Crippen molar-refractivity contribution < 1.29 is 14.0 Å². The second kappa shape index (κ2) is 8.67. The van der Waals surface area contributed by atoms with E-state index < -0.39 is 5.82 Å². The van der Waals surface area contributed by atoms with Crippen molar-refractivity contribution in [1.82, 2.24) is 19.6 Å². The third kappa shape index (κ3) is 4.19. The van der Waals surface area contributed by atoms with Crippen LogP contribution < -0.4 is 5.56 Å². The van der Waals surface area contributed by atoms with Crippen LogP contribution in [0, 0.1) is 12.7 Å². The molecule has 0 N–H and O–H groups in total. The molecule has 160 valence electrons. The Morgan fingerprint density at radius 1 is 0.935 bits per heavy atom. The third-order valence-electron chi connectivity index (χ3n) is 5.58. The zero-order valence-electron chi connectivity index (χ0n) is 17.3. The Morgan fingerprint density at radius 3 is 2.35 bits per heavy atom. The molecule has 0 unspecified atom stereocenters. The lowest BCUT2D eigenvalue weighted by atomic mass is 10.1. The highest BCUT2D eigenvalue weighted by molar-refractivity contribution is 5.94. The minimum absolute atomic E-state index is 0.0321. The molecule has 0 atom stereocenters. The summed E-state index contributed by atoms with van der Waals surface area (Å²) < 4.78 is 15.2. The van der Waals surface area contributed by atoms with Crippen molar-refractivity contribution in [2.24, 2.45) is 0 Å². The molecule has 2 aromatic carbocycles. The molecule has 1 aliphatic rings. The van der Waals surface area contributed by atoms with Crippen LogP contribution in [-0.4, -0.2) is 57.6 Å². The van der Waals surface area contributed by atoms with Crippen molar-refractivity contribution in [3.8, 4) is 0 Å². The number of carbonyl (C=O) groups is 2. The number of fused-ring (bicyclic) bond motifs is 1. The van der Waals surface area contributed by atoms with Crippen LogP contribution in [-0.2, 0) is 11.3 Å². The van der Waals surface area contributed by atoms with Gasteiger partial charge in [0.1, 0.15) is 12.4 Å². The van der Waals surface area contributed by atoms with Crippen molar-refractivity contribution in [3.05, 3.63) is 76.0 Å². The molecule has 0 saturated carbocycles. The lowest BCUT2D eigenvalue weighted by Crippen LogP contribution is -2.40. The molecule has 0 aliphatic carbocycles. The van der Waals surface area contributed by atoms with Gasteiger partial charge >= 0.3 is 0 Å². The number of aryl methyl sites for hydroxylation is 1. The van der Waals surface area contributed by atoms with Crippen LogP contribution in [0.4, 0.5) is 4.39 Å². The van der Waals surface area contributed by atoms with Gasteiger partial charge in [0.2, 0.25) is 5.91 Å². The number of rotatable bonds is 3. The Morgan fingerprint density at radius 2 is 1.58 bits per heavy atom. The lowest BCUT2D eigenvalue weighted by molar-refractivity contribution is -0.132. The predicted molar refractivity (Wildman–Crippen MR) is 114 cm³/mol. The number of halogens is 1. The van der Waals surface area contributed by atoms with E-state index in [2.05, 4.69) is 5.10 Å². The topological polar surface area (TPSA) is 75.5 Å². The van der Waals surface area contributed by atoms with Crippen molar-refractivity contribution in [2.45, 2.75) is 19.9 Å². The average Bonchev–Trinajstić information content (AvgIpc) is 3.04. The summed E-state index contributed by atoms with van der Waals surface area (Å²) >= 11 is 0. The predicted octanol–water partition coefficient (Wildman–Crippen LogP) is 2.22. The highest BCUT2D eigenvalue weighted by Crippen LogP contribution is 2.14. The van der Waals surface area contributed by atoms with Gasteiger partial charge < -0.3 is 9.80 Å². The van der Waals surface area contributed by atoms with E-state index in [1.807, 2.05) is 12.1 Å². The van der Waals surface area contributed by atoms with E-state index in [1.54, 1.807) is 41.0 Å². The van der Waals surface area contributed by atoms with E-state index >= 15 is 0 Å². The number of aromatic nitrogens is 2. The molecule has 4 rings (SSSR count). The standard InChI is InChI=1S/C23H23FN4O3/c1-16-17-7-2-3-8-18(17)23(31)28(25-16)15-21(29)26-11-6-12-27(14-13-26)22(30)19-9-4-5-10-20(19)24/h2-5,7-10H,6,11-15H2,1H3. The first kappa shape index (κ1) is 20.7. The Bertz CT molecular complexity index is 1210. The first-order valence-electron chi connectivity index (χ1n) is 10.2. The molecular formula is C23H23FN4O3. The number of amides is 2. The van der Waals surface area contributed by atoms with Gasteiger partial charge in [0.25, 0.3) is 11.5 Å². The van der Waals surface area contributed by atoms with Crippen LogP contribution in [0.15, 0.2) is 53.3 Å². The Balaban J connectivity index is 1.47. The molecule has 3 aromatic rings. The summed E-state index contributed by atoms with van der Waals surface area (Å²) in [4.78, 5) is 41.5. The van der Waals surface area contributed by atoms with E-state index in [9.17, 15) is 18.8 Å². The van der Waals surface area contributed by atoms with E-state index in [1.165, 1.54) is 16.8 Å². The molecule has 0 radical (unpaired) electrons. The minimum atomic E-state index is -0.554. The quantitative estimate of drug-likeness (QED) is 0.649. The summed E-state index contributed by atoms with van der Waals surface area (Å²) in [6, 6.07) is 13.1. The van der Waals surface area contributed by atoms with Crippen LogP contribution >= 0.6 is 0 Å². The van der Waals surface area contributed by atoms with Crippen molar-refractivity contribution in [2.75, 3.05) is 26.2 Å². The normalized spacial score (nSPS) is 14.5. The van der Waals surface area contributed by atoms with Crippen LogP contribution in [0.3, 0.4) is 0 Å². The summed E-state index contributed by atoms with van der Waals surface area (Å²) in [7, 11) is 0. The van der Waals surface area contributed by atoms with E-state index in [0.29, 0.717) is 43.7 Å². The first-order chi connectivity index (χ1) is 15.0. The molecule has 0 bridgehead atoms. The second-order valence-electron chi connectivity index (χ2n) is 7.60. The zero-order valence-corrected chi connectivity index (χ0v) is 17.3. The van der Waals surface area contributed by atoms with E-state index in [0.717, 1.165) is 5.39 Å². The van der Waals surface area contributed by atoms with Gasteiger partial charge in [0, 0.05) is 31.6 Å². The number of hydrogen-bond donors (Lipinski definition) is 0. The first-order valence-corrected chi connectivity index (χ1v) is 10.2. The molecule has 2 heterocycles. The number of carbonyl (C=O) groups excluding carboxylic acids is 2. The van der Waals surface area contributed by atoms with Gasteiger partial charge in [-0.15, -0.1) is 0 Å². The van der Waals surface area contributed by atoms with Crippen LogP contribution in [0.25, 0.3) is 10.8 Å². The monoisotopic (exact) mass is 422 g/mol. The fourth-order valence-corrected chi connectivity index (χ4v) is 3.91. The average molecular weight is 422 g/mol. The van der Waals surface area contributed by atoms with Gasteiger partial charge in [-0.25, -0.2) is 9.07 Å². The summed E-state index contributed by atoms with van der Waals surface area (Å²) in [6.07, 6.45) is 0.574. The van der Waals surface area contributed by atoms with Gasteiger partial charge in [-0.3, -0.25) is 14.4 Å². The minimum Gasteiger partial charge on any atom is -0.339 e. The molecule has 0 spiro atoms. The molecule has 7 nitrogen and oxygen atoms in total. The fourth-order valence-electron chi connectivity index (χ4n) is 3.91. The highest BCUT2D eigenvalue weighted by Gasteiger charge is 2.25. The SMILES string of the molecule is Cc1nn(CC(=O)N2CCCN(C(=O)c3ccccc3F)CC2)c(=O)c2ccccc12. The van der Waals surface area contributed by atoms with Crippen molar-refractivity contribution in [3.63, 3.8) is 0 Å². The Kier molecular flexibility index (Phi) is 5.79. The smallest absolute Gasteiger partial charge is 0.275 e. The van der Waals surface area contributed by atoms with Gasteiger partial charge in [-0.05, 0) is 31.5 Å². The van der Waals surface area contributed by atoms with Gasteiger partial charge in [-0.2, -0.15) is 5.10 Å². The van der Waals surface area contributed by atoms with Gasteiger partial charge in [0.15, 0.2) is 0 Å². The molecule has 2 amide bonds. The van der Waals surface area contributed by atoms with Gasteiger partial charge in [-0.1, -0.05) is 30.3 Å². The maximum absolute atomic E-state index is 14.0. The molecule has 1 aliphatic heterocycles.